The van der Waals surface area contributed by atoms with Crippen molar-refractivity contribution >= 4 is 5.91 Å². The van der Waals surface area contributed by atoms with Crippen molar-refractivity contribution in [2.24, 2.45) is 0 Å². The third-order valence-electron chi connectivity index (χ3n) is 3.11. The van der Waals surface area contributed by atoms with Gasteiger partial charge >= 0.3 is 0 Å². The summed E-state index contributed by atoms with van der Waals surface area (Å²) >= 11 is 0. The molecule has 0 spiro atoms. The molecular formula is C18H17NO2. The largest absolute Gasteiger partial charge is 0.384 e. The summed E-state index contributed by atoms with van der Waals surface area (Å²) in [5.74, 6) is 5.36. The molecule has 0 radical (unpaired) electrons. The molecule has 0 heterocycles. The Morgan fingerprint density at radius 2 is 1.86 bits per heavy atom. The van der Waals surface area contributed by atoms with Crippen LogP contribution in [-0.4, -0.2) is 17.6 Å². The van der Waals surface area contributed by atoms with Crippen LogP contribution in [0.4, 0.5) is 0 Å². The van der Waals surface area contributed by atoms with Gasteiger partial charge in [-0.2, -0.15) is 0 Å². The zero-order valence-electron chi connectivity index (χ0n) is 11.9. The van der Waals surface area contributed by atoms with Crippen LogP contribution in [0.5, 0.6) is 0 Å². The van der Waals surface area contributed by atoms with Crippen molar-refractivity contribution in [2.75, 3.05) is 6.61 Å². The van der Waals surface area contributed by atoms with Gasteiger partial charge in [-0.05, 0) is 36.2 Å². The quantitative estimate of drug-likeness (QED) is 0.847. The van der Waals surface area contributed by atoms with Crippen molar-refractivity contribution in [3.05, 3.63) is 70.8 Å². The summed E-state index contributed by atoms with van der Waals surface area (Å²) in [6.07, 6.45) is 0. The molecule has 2 aromatic rings. The molecule has 0 aliphatic carbocycles. The standard InChI is InChI=1S/C18H17NO2/c1-14-5-2-3-7-17(14)18(21)19-13-16-10-8-15(9-11-16)6-4-12-20/h2-3,5,7-11,20H,12-13H2,1H3,(H,19,21). The summed E-state index contributed by atoms with van der Waals surface area (Å²) < 4.78 is 0. The van der Waals surface area contributed by atoms with Crippen molar-refractivity contribution < 1.29 is 9.90 Å². The van der Waals surface area contributed by atoms with Gasteiger partial charge in [-0.3, -0.25) is 4.79 Å². The highest BCUT2D eigenvalue weighted by atomic mass is 16.2. The van der Waals surface area contributed by atoms with Crippen molar-refractivity contribution in [3.8, 4) is 11.8 Å². The third-order valence-corrected chi connectivity index (χ3v) is 3.11. The van der Waals surface area contributed by atoms with Crippen LogP contribution in [0.25, 0.3) is 0 Å². The zero-order chi connectivity index (χ0) is 15.1. The fourth-order valence-corrected chi connectivity index (χ4v) is 1.95. The summed E-state index contributed by atoms with van der Waals surface area (Å²) in [6.45, 7) is 2.25. The second-order valence-corrected chi connectivity index (χ2v) is 4.65. The highest BCUT2D eigenvalue weighted by Gasteiger charge is 2.07. The predicted octanol–water partition coefficient (Wildman–Crippen LogP) is 2.27. The van der Waals surface area contributed by atoms with Gasteiger partial charge in [0.25, 0.3) is 5.91 Å². The summed E-state index contributed by atoms with van der Waals surface area (Å²) in [7, 11) is 0. The highest BCUT2D eigenvalue weighted by Crippen LogP contribution is 2.08. The fraction of sp³-hybridized carbons (Fsp3) is 0.167. The Kier molecular flexibility index (Phi) is 5.14. The topological polar surface area (TPSA) is 49.3 Å². The molecule has 2 aromatic carbocycles. The molecule has 0 aromatic heterocycles. The highest BCUT2D eigenvalue weighted by molar-refractivity contribution is 5.95. The molecule has 21 heavy (non-hydrogen) atoms. The molecular weight excluding hydrogens is 262 g/mol. The molecule has 0 aliphatic heterocycles. The Morgan fingerprint density at radius 1 is 1.14 bits per heavy atom. The second kappa shape index (κ2) is 7.28. The Bertz CT molecular complexity index is 678. The summed E-state index contributed by atoms with van der Waals surface area (Å²) in [4.78, 5) is 12.1. The van der Waals surface area contributed by atoms with Gasteiger partial charge in [0.2, 0.25) is 0 Å². The van der Waals surface area contributed by atoms with Crippen molar-refractivity contribution in [1.82, 2.24) is 5.32 Å². The minimum atomic E-state index is -0.145. The van der Waals surface area contributed by atoms with Gasteiger partial charge in [0.1, 0.15) is 6.61 Å². The van der Waals surface area contributed by atoms with Gasteiger partial charge in [-0.1, -0.05) is 42.2 Å². The molecule has 2 N–H and O–H groups in total. The van der Waals surface area contributed by atoms with E-state index in [1.54, 1.807) is 0 Å². The molecule has 0 unspecified atom stereocenters. The van der Waals surface area contributed by atoms with Gasteiger partial charge in [0.05, 0.1) is 0 Å². The number of nitrogens with one attached hydrogen (secondary N) is 1. The van der Waals surface area contributed by atoms with E-state index in [9.17, 15) is 4.79 Å². The summed E-state index contributed by atoms with van der Waals surface area (Å²) in [5, 5.41) is 11.5. The van der Waals surface area contributed by atoms with Crippen molar-refractivity contribution in [1.29, 1.82) is 0 Å². The van der Waals surface area contributed by atoms with Crippen molar-refractivity contribution in [2.45, 2.75) is 13.5 Å². The smallest absolute Gasteiger partial charge is 0.251 e. The number of aryl methyl sites for hydroxylation is 1. The van der Waals surface area contributed by atoms with E-state index in [0.29, 0.717) is 12.1 Å². The Balaban J connectivity index is 1.97. The van der Waals surface area contributed by atoms with E-state index in [2.05, 4.69) is 17.2 Å². The molecule has 0 bridgehead atoms. The first-order chi connectivity index (χ1) is 10.2. The van der Waals surface area contributed by atoms with Gasteiger partial charge in [0.15, 0.2) is 0 Å². The minimum absolute atomic E-state index is 0.0720. The van der Waals surface area contributed by atoms with Crippen LogP contribution in [0.1, 0.15) is 27.0 Å². The van der Waals surface area contributed by atoms with Crippen LogP contribution in [0.15, 0.2) is 48.5 Å². The SMILES string of the molecule is Cc1ccccc1C(=O)NCc1ccc(C#CCO)cc1. The van der Waals surface area contributed by atoms with E-state index in [4.69, 9.17) is 5.11 Å². The molecule has 0 saturated carbocycles. The Hall–Kier alpha value is -2.57. The molecule has 106 valence electrons. The molecule has 2 rings (SSSR count). The molecule has 3 heteroatoms. The average Bonchev–Trinajstić information content (AvgIpc) is 2.52. The van der Waals surface area contributed by atoms with E-state index >= 15 is 0 Å². The lowest BCUT2D eigenvalue weighted by Gasteiger charge is -2.07. The van der Waals surface area contributed by atoms with Gasteiger partial charge in [-0.15, -0.1) is 0 Å². The van der Waals surface area contributed by atoms with Crippen LogP contribution in [0, 0.1) is 18.8 Å². The molecule has 1 amide bonds. The maximum atomic E-state index is 12.1. The Morgan fingerprint density at radius 3 is 2.52 bits per heavy atom. The van der Waals surface area contributed by atoms with Crippen LogP contribution in [0.2, 0.25) is 0 Å². The summed E-state index contributed by atoms with van der Waals surface area (Å²) in [6, 6.07) is 15.1. The maximum absolute atomic E-state index is 12.1. The lowest BCUT2D eigenvalue weighted by molar-refractivity contribution is 0.0950. The predicted molar refractivity (Wildman–Crippen MR) is 82.8 cm³/mol. The van der Waals surface area contributed by atoms with Crippen LogP contribution < -0.4 is 5.32 Å². The van der Waals surface area contributed by atoms with Crippen LogP contribution in [-0.2, 0) is 6.54 Å². The van der Waals surface area contributed by atoms with E-state index in [-0.39, 0.29) is 12.5 Å². The monoisotopic (exact) mass is 279 g/mol. The van der Waals surface area contributed by atoms with Gasteiger partial charge < -0.3 is 10.4 Å². The fourth-order valence-electron chi connectivity index (χ4n) is 1.95. The number of hydrogen-bond donors (Lipinski definition) is 2. The summed E-state index contributed by atoms with van der Waals surface area (Å²) in [5.41, 5.74) is 3.51. The number of carbonyl (C=O) groups is 1. The second-order valence-electron chi connectivity index (χ2n) is 4.65. The first-order valence-corrected chi connectivity index (χ1v) is 6.73. The van der Waals surface area contributed by atoms with E-state index in [0.717, 1.165) is 16.7 Å². The lowest BCUT2D eigenvalue weighted by Crippen LogP contribution is -2.23. The van der Waals surface area contributed by atoms with Gasteiger partial charge in [0, 0.05) is 17.7 Å². The molecule has 0 saturated heterocycles. The maximum Gasteiger partial charge on any atom is 0.251 e. The van der Waals surface area contributed by atoms with Crippen LogP contribution in [0.3, 0.4) is 0 Å². The van der Waals surface area contributed by atoms with Crippen LogP contribution >= 0.6 is 0 Å². The lowest BCUT2D eigenvalue weighted by atomic mass is 10.1. The molecule has 3 nitrogen and oxygen atoms in total. The Labute approximate surface area is 124 Å². The molecule has 0 aliphatic rings. The first-order valence-electron chi connectivity index (χ1n) is 6.73. The zero-order valence-corrected chi connectivity index (χ0v) is 11.9. The first kappa shape index (κ1) is 14.8. The molecule has 0 fully saturated rings. The average molecular weight is 279 g/mol. The number of aliphatic hydroxyl groups excluding tert-OH is 1. The number of amides is 1. The van der Waals surface area contributed by atoms with E-state index in [1.165, 1.54) is 0 Å². The number of aliphatic hydroxyl groups is 1. The molecule has 0 atom stereocenters. The number of carbonyl (C=O) groups excluding carboxylic acids is 1. The number of hydrogen-bond acceptors (Lipinski definition) is 2. The normalized spacial score (nSPS) is 9.62. The minimum Gasteiger partial charge on any atom is -0.384 e. The van der Waals surface area contributed by atoms with E-state index in [1.807, 2.05) is 55.5 Å². The third kappa shape index (κ3) is 4.20. The van der Waals surface area contributed by atoms with Gasteiger partial charge in [-0.25, -0.2) is 0 Å². The number of benzene rings is 2. The van der Waals surface area contributed by atoms with E-state index < -0.39 is 0 Å². The number of rotatable bonds is 3. The van der Waals surface area contributed by atoms with Crippen molar-refractivity contribution in [3.63, 3.8) is 0 Å².